The molecule has 0 atom stereocenters. The average Bonchev–Trinajstić information content (AvgIpc) is 2.46. The molecule has 2 aromatic rings. The van der Waals surface area contributed by atoms with Crippen LogP contribution < -0.4 is 10.6 Å². The Bertz CT molecular complexity index is 604. The van der Waals surface area contributed by atoms with Gasteiger partial charge in [0, 0.05) is 12.7 Å². The van der Waals surface area contributed by atoms with Crippen molar-refractivity contribution in [3.63, 3.8) is 0 Å². The van der Waals surface area contributed by atoms with Gasteiger partial charge in [0.2, 0.25) is 5.95 Å². The molecular weight excluding hydrogens is 269 g/mol. The van der Waals surface area contributed by atoms with Crippen molar-refractivity contribution in [2.45, 2.75) is 13.3 Å². The van der Waals surface area contributed by atoms with Crippen LogP contribution in [0.1, 0.15) is 13.3 Å². The molecule has 0 aliphatic carbocycles. The summed E-state index contributed by atoms with van der Waals surface area (Å²) in [5, 5.41) is 5.55. The molecule has 0 fully saturated rings. The minimum absolute atomic E-state index is 0.191. The molecule has 0 spiro atoms. The fourth-order valence-corrected chi connectivity index (χ4v) is 1.51. The molecule has 0 saturated carbocycles. The lowest BCUT2D eigenvalue weighted by Crippen LogP contribution is -2.06. The third-order valence-corrected chi connectivity index (χ3v) is 2.49. The number of anilines is 3. The monoisotopic (exact) mass is 282 g/mol. The van der Waals surface area contributed by atoms with Crippen molar-refractivity contribution in [2.75, 3.05) is 17.2 Å². The summed E-state index contributed by atoms with van der Waals surface area (Å²) in [4.78, 5) is 8.07. The molecule has 2 N–H and O–H groups in total. The lowest BCUT2D eigenvalue weighted by atomic mass is 10.3. The Morgan fingerprint density at radius 3 is 2.65 bits per heavy atom. The molecule has 4 nitrogen and oxygen atoms in total. The summed E-state index contributed by atoms with van der Waals surface area (Å²) >= 11 is 0. The van der Waals surface area contributed by atoms with Gasteiger partial charge >= 0.3 is 0 Å². The van der Waals surface area contributed by atoms with E-state index in [1.807, 2.05) is 6.92 Å². The highest BCUT2D eigenvalue weighted by molar-refractivity contribution is 5.57. The summed E-state index contributed by atoms with van der Waals surface area (Å²) in [5.41, 5.74) is -0.191. The van der Waals surface area contributed by atoms with Crippen molar-refractivity contribution >= 4 is 17.5 Å². The van der Waals surface area contributed by atoms with E-state index in [9.17, 15) is 13.2 Å². The van der Waals surface area contributed by atoms with E-state index in [0.29, 0.717) is 12.5 Å². The zero-order valence-electron chi connectivity index (χ0n) is 10.8. The van der Waals surface area contributed by atoms with Gasteiger partial charge in [-0.25, -0.2) is 18.2 Å². The summed E-state index contributed by atoms with van der Waals surface area (Å²) in [7, 11) is 0. The van der Waals surface area contributed by atoms with Crippen LogP contribution in [0.15, 0.2) is 24.4 Å². The van der Waals surface area contributed by atoms with Crippen molar-refractivity contribution in [1.29, 1.82) is 0 Å². The quantitative estimate of drug-likeness (QED) is 0.825. The number of benzene rings is 1. The van der Waals surface area contributed by atoms with Crippen LogP contribution in [-0.4, -0.2) is 16.5 Å². The van der Waals surface area contributed by atoms with Crippen LogP contribution in [0.4, 0.5) is 30.6 Å². The number of aromatic nitrogens is 2. The summed E-state index contributed by atoms with van der Waals surface area (Å²) in [6.07, 6.45) is 2.38. The van der Waals surface area contributed by atoms with Gasteiger partial charge in [-0.2, -0.15) is 4.98 Å². The zero-order valence-corrected chi connectivity index (χ0v) is 10.8. The molecule has 0 aliphatic rings. The second-order valence-electron chi connectivity index (χ2n) is 4.04. The van der Waals surface area contributed by atoms with E-state index < -0.39 is 17.5 Å². The molecule has 20 heavy (non-hydrogen) atoms. The molecule has 0 amide bonds. The highest BCUT2D eigenvalue weighted by Gasteiger charge is 2.13. The molecule has 0 unspecified atom stereocenters. The molecule has 1 aromatic carbocycles. The standard InChI is InChI=1S/C13H13F3N4/c1-2-6-17-13-18-7-5-10(20-13)19-9-4-3-8(14)11(15)12(9)16/h3-5,7H,2,6H2,1H3,(H2,17,18,19,20). The Balaban J connectivity index is 2.20. The van der Waals surface area contributed by atoms with E-state index >= 15 is 0 Å². The molecule has 1 aromatic heterocycles. The Morgan fingerprint density at radius 2 is 1.90 bits per heavy atom. The predicted octanol–water partition coefficient (Wildman–Crippen LogP) is 3.46. The number of halogens is 3. The van der Waals surface area contributed by atoms with E-state index in [0.717, 1.165) is 18.6 Å². The van der Waals surface area contributed by atoms with Crippen LogP contribution >= 0.6 is 0 Å². The minimum Gasteiger partial charge on any atom is -0.354 e. The molecule has 0 aliphatic heterocycles. The molecule has 2 rings (SSSR count). The maximum absolute atomic E-state index is 13.5. The van der Waals surface area contributed by atoms with E-state index in [1.54, 1.807) is 0 Å². The smallest absolute Gasteiger partial charge is 0.224 e. The second-order valence-corrected chi connectivity index (χ2v) is 4.04. The van der Waals surface area contributed by atoms with Gasteiger partial charge in [0.1, 0.15) is 5.82 Å². The summed E-state index contributed by atoms with van der Waals surface area (Å²) < 4.78 is 39.4. The first-order chi connectivity index (χ1) is 9.61. The maximum atomic E-state index is 13.5. The Kier molecular flexibility index (Phi) is 4.39. The molecular formula is C13H13F3N4. The second kappa shape index (κ2) is 6.23. The maximum Gasteiger partial charge on any atom is 0.224 e. The lowest BCUT2D eigenvalue weighted by Gasteiger charge is -2.09. The lowest BCUT2D eigenvalue weighted by molar-refractivity contribution is 0.449. The third-order valence-electron chi connectivity index (χ3n) is 2.49. The van der Waals surface area contributed by atoms with Gasteiger partial charge in [-0.15, -0.1) is 0 Å². The van der Waals surface area contributed by atoms with Gasteiger partial charge in [0.05, 0.1) is 5.69 Å². The van der Waals surface area contributed by atoms with Gasteiger partial charge < -0.3 is 10.6 Å². The Morgan fingerprint density at radius 1 is 1.10 bits per heavy atom. The van der Waals surface area contributed by atoms with Gasteiger partial charge in [-0.1, -0.05) is 6.92 Å². The van der Waals surface area contributed by atoms with Crippen LogP contribution in [-0.2, 0) is 0 Å². The zero-order chi connectivity index (χ0) is 14.5. The molecule has 1 heterocycles. The van der Waals surface area contributed by atoms with Crippen LogP contribution in [0, 0.1) is 17.5 Å². The topological polar surface area (TPSA) is 49.8 Å². The Labute approximate surface area is 114 Å². The van der Waals surface area contributed by atoms with E-state index in [2.05, 4.69) is 20.6 Å². The van der Waals surface area contributed by atoms with Crippen molar-refractivity contribution in [3.05, 3.63) is 41.8 Å². The highest BCUT2D eigenvalue weighted by atomic mass is 19.2. The van der Waals surface area contributed by atoms with Crippen molar-refractivity contribution in [2.24, 2.45) is 0 Å². The first-order valence-electron chi connectivity index (χ1n) is 6.09. The minimum atomic E-state index is -1.52. The third kappa shape index (κ3) is 3.17. The molecule has 0 radical (unpaired) electrons. The SMILES string of the molecule is CCCNc1nccc(Nc2ccc(F)c(F)c2F)n1. The fourth-order valence-electron chi connectivity index (χ4n) is 1.51. The normalized spacial score (nSPS) is 10.4. The Hall–Kier alpha value is -2.31. The van der Waals surface area contributed by atoms with E-state index in [1.165, 1.54) is 12.3 Å². The molecule has 0 bridgehead atoms. The number of nitrogens with one attached hydrogen (secondary N) is 2. The van der Waals surface area contributed by atoms with Crippen molar-refractivity contribution < 1.29 is 13.2 Å². The number of rotatable bonds is 5. The predicted molar refractivity (Wildman–Crippen MR) is 70.4 cm³/mol. The first kappa shape index (κ1) is 14.1. The number of nitrogens with zero attached hydrogens (tertiary/aromatic N) is 2. The van der Waals surface area contributed by atoms with Crippen molar-refractivity contribution in [1.82, 2.24) is 9.97 Å². The summed E-state index contributed by atoms with van der Waals surface area (Å²) in [6, 6.07) is 3.45. The first-order valence-corrected chi connectivity index (χ1v) is 6.09. The molecule has 7 heteroatoms. The number of hydrogen-bond acceptors (Lipinski definition) is 4. The summed E-state index contributed by atoms with van der Waals surface area (Å²) in [5.74, 6) is -3.38. The van der Waals surface area contributed by atoms with Crippen LogP contribution in [0.5, 0.6) is 0 Å². The van der Waals surface area contributed by atoms with Gasteiger partial charge in [0.15, 0.2) is 17.5 Å². The largest absolute Gasteiger partial charge is 0.354 e. The van der Waals surface area contributed by atoms with Gasteiger partial charge in [-0.3, -0.25) is 0 Å². The average molecular weight is 282 g/mol. The van der Waals surface area contributed by atoms with E-state index in [-0.39, 0.29) is 11.5 Å². The van der Waals surface area contributed by atoms with Crippen LogP contribution in [0.3, 0.4) is 0 Å². The molecule has 106 valence electrons. The van der Waals surface area contributed by atoms with E-state index in [4.69, 9.17) is 0 Å². The molecule has 0 saturated heterocycles. The highest BCUT2D eigenvalue weighted by Crippen LogP contribution is 2.22. The number of hydrogen-bond donors (Lipinski definition) is 2. The van der Waals surface area contributed by atoms with Crippen LogP contribution in [0.25, 0.3) is 0 Å². The summed E-state index contributed by atoms with van der Waals surface area (Å²) in [6.45, 7) is 2.69. The van der Waals surface area contributed by atoms with Crippen molar-refractivity contribution in [3.8, 4) is 0 Å². The van der Waals surface area contributed by atoms with Gasteiger partial charge in [-0.05, 0) is 24.6 Å². The van der Waals surface area contributed by atoms with Crippen LogP contribution in [0.2, 0.25) is 0 Å². The van der Waals surface area contributed by atoms with Gasteiger partial charge in [0.25, 0.3) is 0 Å². The fraction of sp³-hybridized carbons (Fsp3) is 0.231.